The Morgan fingerprint density at radius 2 is 0.500 bits per heavy atom. The zero-order chi connectivity index (χ0) is 57.6. The van der Waals surface area contributed by atoms with Crippen molar-refractivity contribution in [2.45, 2.75) is 418 Å². The quantitative estimate of drug-likeness (QED) is 0.0373. The second-order valence-corrected chi connectivity index (χ2v) is 25.0. The Morgan fingerprint density at radius 1 is 0.287 bits per heavy atom. The van der Waals surface area contributed by atoms with Crippen LogP contribution >= 0.6 is 0 Å². The van der Waals surface area contributed by atoms with Crippen molar-refractivity contribution >= 4 is 11.9 Å². The van der Waals surface area contributed by atoms with Crippen molar-refractivity contribution in [3.8, 4) is 0 Å². The molecule has 0 saturated heterocycles. The van der Waals surface area contributed by atoms with E-state index >= 15 is 0 Å². The Hall–Kier alpha value is -1.88. The van der Waals surface area contributed by atoms with Gasteiger partial charge < -0.3 is 14.6 Å². The molecule has 1 atom stereocenters. The van der Waals surface area contributed by atoms with Crippen LogP contribution in [0.3, 0.4) is 0 Å². The number of esters is 2. The zero-order valence-electron chi connectivity index (χ0n) is 54.4. The monoisotopic (exact) mass is 1120 g/mol. The van der Waals surface area contributed by atoms with Crippen LogP contribution in [0.4, 0.5) is 0 Å². The number of hydrogen-bond acceptors (Lipinski definition) is 5. The topological polar surface area (TPSA) is 72.8 Å². The summed E-state index contributed by atoms with van der Waals surface area (Å²) in [6.07, 6.45) is 94.9. The van der Waals surface area contributed by atoms with E-state index < -0.39 is 6.10 Å². The lowest BCUT2D eigenvalue weighted by Gasteiger charge is -2.15. The van der Waals surface area contributed by atoms with E-state index in [0.29, 0.717) is 12.8 Å². The molecular weight excluding hydrogens is 981 g/mol. The molecule has 0 aliphatic carbocycles. The number of allylic oxidation sites excluding steroid dienone is 6. The SMILES string of the molecule is CCCCCCC/C=C\C/C=C\C/C=C\CCCCCCCCCCCCCCCCC(=O)OC(CO)COC(=O)CCCCCCCCCCCCCCCCCCCCCCCCCCCCCCCCCCCCCCC. The van der Waals surface area contributed by atoms with Crippen molar-refractivity contribution < 1.29 is 24.2 Å². The van der Waals surface area contributed by atoms with Crippen LogP contribution < -0.4 is 0 Å². The summed E-state index contributed by atoms with van der Waals surface area (Å²) >= 11 is 0. The smallest absolute Gasteiger partial charge is 0.306 e. The van der Waals surface area contributed by atoms with E-state index in [9.17, 15) is 14.7 Å². The van der Waals surface area contributed by atoms with Crippen molar-refractivity contribution in [1.82, 2.24) is 0 Å². The van der Waals surface area contributed by atoms with E-state index in [0.717, 1.165) is 44.9 Å². The summed E-state index contributed by atoms with van der Waals surface area (Å²) in [5.74, 6) is -0.568. The molecule has 0 fully saturated rings. The third-order valence-corrected chi connectivity index (χ3v) is 16.9. The summed E-state index contributed by atoms with van der Waals surface area (Å²) in [7, 11) is 0. The first-order valence-corrected chi connectivity index (χ1v) is 36.5. The second kappa shape index (κ2) is 71.4. The maximum Gasteiger partial charge on any atom is 0.306 e. The molecule has 0 aromatic rings. The van der Waals surface area contributed by atoms with Crippen LogP contribution in [-0.4, -0.2) is 36.4 Å². The van der Waals surface area contributed by atoms with Gasteiger partial charge in [0.05, 0.1) is 6.61 Å². The van der Waals surface area contributed by atoms with Crippen molar-refractivity contribution in [3.63, 3.8) is 0 Å². The molecule has 1 N–H and O–H groups in total. The van der Waals surface area contributed by atoms with Gasteiger partial charge in [-0.3, -0.25) is 9.59 Å². The first-order chi connectivity index (χ1) is 39.6. The lowest BCUT2D eigenvalue weighted by Crippen LogP contribution is -2.28. The van der Waals surface area contributed by atoms with Gasteiger partial charge in [-0.2, -0.15) is 0 Å². The van der Waals surface area contributed by atoms with E-state index in [1.54, 1.807) is 0 Å². The third-order valence-electron chi connectivity index (χ3n) is 16.9. The average Bonchev–Trinajstić information content (AvgIpc) is 3.46. The minimum Gasteiger partial charge on any atom is -0.462 e. The molecule has 5 heteroatoms. The summed E-state index contributed by atoms with van der Waals surface area (Å²) in [6.45, 7) is 4.19. The minimum atomic E-state index is -0.771. The van der Waals surface area contributed by atoms with Gasteiger partial charge in [0.2, 0.25) is 0 Å². The highest BCUT2D eigenvalue weighted by atomic mass is 16.6. The molecule has 0 bridgehead atoms. The lowest BCUT2D eigenvalue weighted by molar-refractivity contribution is -0.161. The van der Waals surface area contributed by atoms with Crippen molar-refractivity contribution in [1.29, 1.82) is 0 Å². The normalized spacial score (nSPS) is 12.3. The van der Waals surface area contributed by atoms with Gasteiger partial charge in [0.15, 0.2) is 6.10 Å². The molecule has 0 saturated carbocycles. The summed E-state index contributed by atoms with van der Waals surface area (Å²) in [6, 6.07) is 0. The molecular formula is C75H142O5. The highest BCUT2D eigenvalue weighted by Gasteiger charge is 2.16. The van der Waals surface area contributed by atoms with Crippen LogP contribution in [0, 0.1) is 0 Å². The van der Waals surface area contributed by atoms with Gasteiger partial charge in [-0.05, 0) is 51.4 Å². The Balaban J connectivity index is 3.37. The molecule has 0 spiro atoms. The summed E-state index contributed by atoms with van der Waals surface area (Å²) in [4.78, 5) is 24.7. The average molecular weight is 1120 g/mol. The van der Waals surface area contributed by atoms with E-state index in [4.69, 9.17) is 9.47 Å². The molecule has 1 unspecified atom stereocenters. The van der Waals surface area contributed by atoms with Crippen molar-refractivity contribution in [2.75, 3.05) is 13.2 Å². The van der Waals surface area contributed by atoms with Crippen LogP contribution in [-0.2, 0) is 19.1 Å². The number of unbranched alkanes of at least 4 members (excludes halogenated alkanes) is 55. The first-order valence-electron chi connectivity index (χ1n) is 36.5. The highest BCUT2D eigenvalue weighted by molar-refractivity contribution is 5.70. The Bertz CT molecular complexity index is 1270. The van der Waals surface area contributed by atoms with Crippen molar-refractivity contribution in [3.05, 3.63) is 36.5 Å². The van der Waals surface area contributed by atoms with E-state index in [1.807, 2.05) is 0 Å². The van der Waals surface area contributed by atoms with Crippen LogP contribution in [0.5, 0.6) is 0 Å². The van der Waals surface area contributed by atoms with Crippen LogP contribution in [0.25, 0.3) is 0 Å². The number of aliphatic hydroxyl groups excluding tert-OH is 1. The molecule has 472 valence electrons. The fourth-order valence-electron chi connectivity index (χ4n) is 11.5. The Kier molecular flexibility index (Phi) is 69.7. The highest BCUT2D eigenvalue weighted by Crippen LogP contribution is 2.19. The summed E-state index contributed by atoms with van der Waals surface area (Å²) in [5.41, 5.74) is 0. The van der Waals surface area contributed by atoms with Gasteiger partial charge >= 0.3 is 11.9 Å². The largest absolute Gasteiger partial charge is 0.462 e. The molecule has 0 amide bonds. The van der Waals surface area contributed by atoms with E-state index in [-0.39, 0.29) is 25.2 Å². The lowest BCUT2D eigenvalue weighted by atomic mass is 10.0. The molecule has 0 radical (unpaired) electrons. The van der Waals surface area contributed by atoms with Crippen LogP contribution in [0.1, 0.15) is 412 Å². The number of aliphatic hydroxyl groups is 1. The molecule has 5 nitrogen and oxygen atoms in total. The number of ether oxygens (including phenoxy) is 2. The fourth-order valence-corrected chi connectivity index (χ4v) is 11.5. The summed E-state index contributed by atoms with van der Waals surface area (Å²) < 4.78 is 10.8. The molecule has 80 heavy (non-hydrogen) atoms. The predicted molar refractivity (Wildman–Crippen MR) is 353 cm³/mol. The van der Waals surface area contributed by atoms with Crippen molar-refractivity contribution in [2.24, 2.45) is 0 Å². The molecule has 0 aromatic carbocycles. The van der Waals surface area contributed by atoms with Gasteiger partial charge in [-0.25, -0.2) is 0 Å². The molecule has 0 aliphatic rings. The number of carbonyl (C=O) groups excluding carboxylic acids is 2. The Morgan fingerprint density at radius 3 is 0.750 bits per heavy atom. The Labute approximate surface area is 501 Å². The van der Waals surface area contributed by atoms with Gasteiger partial charge in [0, 0.05) is 12.8 Å². The molecule has 0 aromatic heterocycles. The molecule has 0 heterocycles. The van der Waals surface area contributed by atoms with Gasteiger partial charge in [-0.1, -0.05) is 384 Å². The number of hydrogen-bond donors (Lipinski definition) is 1. The van der Waals surface area contributed by atoms with E-state index in [2.05, 4.69) is 50.3 Å². The second-order valence-electron chi connectivity index (χ2n) is 25.0. The first kappa shape index (κ1) is 78.1. The van der Waals surface area contributed by atoms with E-state index in [1.165, 1.54) is 340 Å². The predicted octanol–water partition coefficient (Wildman–Crippen LogP) is 25.3. The number of rotatable bonds is 69. The molecule has 0 rings (SSSR count). The maximum atomic E-state index is 12.4. The zero-order valence-corrected chi connectivity index (χ0v) is 54.4. The maximum absolute atomic E-state index is 12.4. The third kappa shape index (κ3) is 68.6. The standard InChI is InChI=1S/C75H142O5/c1-3-5-7-9-11-13-15-17-19-21-23-25-27-29-31-33-34-35-36-37-38-39-40-42-43-45-47-49-51-53-55-57-59-61-63-65-67-69-74(77)79-72-73(71-76)80-75(78)70-68-66-64-62-60-58-56-54-52-50-48-46-44-41-32-30-28-26-24-22-20-18-16-14-12-10-8-6-4-2/h16,18,22,24,28,30,73,76H,3-15,17,19-21,23,25-27,29,31-72H2,1-2H3/b18-16-,24-22-,30-28-. The van der Waals surface area contributed by atoms with Crippen LogP contribution in [0.2, 0.25) is 0 Å². The van der Waals surface area contributed by atoms with Gasteiger partial charge in [0.1, 0.15) is 6.61 Å². The summed E-state index contributed by atoms with van der Waals surface area (Å²) in [5, 5.41) is 9.71. The number of carbonyl (C=O) groups is 2. The minimum absolute atomic E-state index is 0.0603. The van der Waals surface area contributed by atoms with Gasteiger partial charge in [0.25, 0.3) is 0 Å². The van der Waals surface area contributed by atoms with Crippen LogP contribution in [0.15, 0.2) is 36.5 Å². The fraction of sp³-hybridized carbons (Fsp3) is 0.893. The van der Waals surface area contributed by atoms with Gasteiger partial charge in [-0.15, -0.1) is 0 Å². The molecule has 0 aliphatic heterocycles.